The fourth-order valence-corrected chi connectivity index (χ4v) is 4.56. The molecule has 9 heteroatoms. The molecule has 0 bridgehead atoms. The summed E-state index contributed by atoms with van der Waals surface area (Å²) in [6.07, 6.45) is 3.30. The highest BCUT2D eigenvalue weighted by Gasteiger charge is 2.54. The molecule has 0 spiro atoms. The molecule has 134 valence electrons. The van der Waals surface area contributed by atoms with E-state index in [1.165, 1.54) is 0 Å². The third-order valence-electron chi connectivity index (χ3n) is 4.55. The summed E-state index contributed by atoms with van der Waals surface area (Å²) in [6, 6.07) is 8.63. The van der Waals surface area contributed by atoms with Crippen LogP contribution in [0.4, 0.5) is 8.63 Å². The van der Waals surface area contributed by atoms with Crippen LogP contribution in [0, 0.1) is 0 Å². The first-order chi connectivity index (χ1) is 12.4. The van der Waals surface area contributed by atoms with Crippen molar-refractivity contribution in [1.29, 1.82) is 0 Å². The summed E-state index contributed by atoms with van der Waals surface area (Å²) in [5.41, 5.74) is 2.14. The molecule has 0 saturated carbocycles. The fourth-order valence-electron chi connectivity index (χ4n) is 3.42. The molecule has 2 aliphatic heterocycles. The number of hydrogen-bond donors (Lipinski definition) is 0. The molecule has 0 unspecified atom stereocenters. The summed E-state index contributed by atoms with van der Waals surface area (Å²) >= 11 is 6.51. The maximum absolute atomic E-state index is 15.3. The van der Waals surface area contributed by atoms with Crippen molar-refractivity contribution in [2.75, 3.05) is 14.2 Å². The van der Waals surface area contributed by atoms with E-state index < -0.39 is 6.97 Å². The van der Waals surface area contributed by atoms with E-state index in [0.717, 1.165) is 8.96 Å². The monoisotopic (exact) mass is 484 g/mol. The lowest BCUT2D eigenvalue weighted by atomic mass is 9.86. The highest BCUT2D eigenvalue weighted by Crippen LogP contribution is 2.44. The average Bonchev–Trinajstić information content (AvgIpc) is 3.19. The summed E-state index contributed by atoms with van der Waals surface area (Å²) in [5, 5.41) is 0. The largest absolute Gasteiger partial charge is 0.738 e. The molecule has 0 amide bonds. The van der Waals surface area contributed by atoms with E-state index in [0.29, 0.717) is 43.3 Å². The fraction of sp³-hybridized carbons (Fsp3) is 0.118. The minimum atomic E-state index is -4.05. The van der Waals surface area contributed by atoms with Crippen LogP contribution in [0.5, 0.6) is 11.5 Å². The van der Waals surface area contributed by atoms with Gasteiger partial charge >= 0.3 is 6.97 Å². The highest BCUT2D eigenvalue weighted by molar-refractivity contribution is 9.18. The lowest BCUT2D eigenvalue weighted by Crippen LogP contribution is -2.50. The molecular formula is C17H13BBr2F2N2O2. The normalized spacial score (nSPS) is 17.5. The predicted octanol–water partition coefficient (Wildman–Crippen LogP) is 4.64. The lowest BCUT2D eigenvalue weighted by Gasteiger charge is -2.32. The Bertz CT molecular complexity index is 1030. The van der Waals surface area contributed by atoms with Gasteiger partial charge in [-0.25, -0.2) is 0 Å². The first-order valence-electron chi connectivity index (χ1n) is 7.76. The van der Waals surface area contributed by atoms with Crippen LogP contribution >= 0.6 is 31.9 Å². The van der Waals surface area contributed by atoms with Gasteiger partial charge in [0.1, 0.15) is 11.5 Å². The van der Waals surface area contributed by atoms with Crippen molar-refractivity contribution >= 4 is 49.0 Å². The van der Waals surface area contributed by atoms with Crippen LogP contribution in [0.1, 0.15) is 11.3 Å². The number of benzene rings is 1. The zero-order valence-electron chi connectivity index (χ0n) is 13.8. The van der Waals surface area contributed by atoms with Crippen LogP contribution in [0.15, 0.2) is 52.8 Å². The molecule has 3 heterocycles. The summed E-state index contributed by atoms with van der Waals surface area (Å²) in [7, 11) is 3.12. The number of rotatable bonds is 3. The molecule has 4 rings (SSSR count). The third kappa shape index (κ3) is 2.33. The number of ether oxygens (including phenoxy) is 2. The van der Waals surface area contributed by atoms with Gasteiger partial charge in [-0.05, 0) is 46.3 Å². The number of aromatic nitrogens is 1. The topological polar surface area (TPSA) is 26.4 Å². The SMILES string of the molecule is COc1ccc(OC)c(C2=C3C=CC(Br)=[N+]3[B-](F)(F)n3c(Br)ccc32)c1. The lowest BCUT2D eigenvalue weighted by molar-refractivity contribution is -0.358. The number of methoxy groups -OCH3 is 2. The van der Waals surface area contributed by atoms with Crippen LogP contribution in [-0.4, -0.2) is 34.8 Å². The van der Waals surface area contributed by atoms with Gasteiger partial charge in [-0.2, -0.15) is 0 Å². The van der Waals surface area contributed by atoms with E-state index >= 15 is 8.63 Å². The van der Waals surface area contributed by atoms with Gasteiger partial charge in [0.2, 0.25) is 4.62 Å². The molecular weight excluding hydrogens is 473 g/mol. The van der Waals surface area contributed by atoms with Crippen molar-refractivity contribution in [3.05, 3.63) is 64.0 Å². The second-order valence-corrected chi connectivity index (χ2v) is 7.48. The van der Waals surface area contributed by atoms with Crippen LogP contribution in [0.2, 0.25) is 0 Å². The molecule has 2 aliphatic rings. The maximum atomic E-state index is 15.3. The quantitative estimate of drug-likeness (QED) is 0.592. The van der Waals surface area contributed by atoms with Crippen LogP contribution in [0.3, 0.4) is 0 Å². The Balaban J connectivity index is 2.11. The van der Waals surface area contributed by atoms with E-state index in [2.05, 4.69) is 31.9 Å². The Morgan fingerprint density at radius 2 is 1.81 bits per heavy atom. The smallest absolute Gasteiger partial charge is 0.497 e. The Kier molecular flexibility index (Phi) is 4.11. The standard InChI is InChI=1S/C17H13BBr2F2N2O2/c1-25-10-3-6-14(26-2)11(9-10)17-12-4-7-15(19)23(12)18(21,22)24-13(17)5-8-16(24)20/h3-9H,1-2H3. The minimum absolute atomic E-state index is 0.308. The van der Waals surface area contributed by atoms with E-state index in [1.54, 1.807) is 56.7 Å². The van der Waals surface area contributed by atoms with Gasteiger partial charge in [-0.3, -0.25) is 0 Å². The van der Waals surface area contributed by atoms with Crippen molar-refractivity contribution in [2.45, 2.75) is 0 Å². The van der Waals surface area contributed by atoms with Gasteiger partial charge in [0.05, 0.1) is 24.4 Å². The molecule has 4 nitrogen and oxygen atoms in total. The second kappa shape index (κ2) is 6.09. The number of hydrogen-bond acceptors (Lipinski definition) is 2. The molecule has 0 fully saturated rings. The van der Waals surface area contributed by atoms with Crippen molar-refractivity contribution in [2.24, 2.45) is 0 Å². The third-order valence-corrected chi connectivity index (χ3v) is 5.84. The Hall–Kier alpha value is -1.87. The van der Waals surface area contributed by atoms with E-state index in [4.69, 9.17) is 9.47 Å². The van der Waals surface area contributed by atoms with Crippen LogP contribution in [0.25, 0.3) is 5.57 Å². The van der Waals surface area contributed by atoms with Crippen molar-refractivity contribution in [3.8, 4) is 11.5 Å². The van der Waals surface area contributed by atoms with E-state index in [-0.39, 0.29) is 0 Å². The number of allylic oxidation sites excluding steroid dienone is 2. The number of fused-ring (bicyclic) bond motifs is 2. The molecule has 0 radical (unpaired) electrons. The zero-order valence-corrected chi connectivity index (χ0v) is 17.0. The first-order valence-corrected chi connectivity index (χ1v) is 9.35. The average molecular weight is 486 g/mol. The first kappa shape index (κ1) is 17.5. The second-order valence-electron chi connectivity index (χ2n) is 5.85. The van der Waals surface area contributed by atoms with Gasteiger partial charge in [0.15, 0.2) is 5.70 Å². The van der Waals surface area contributed by atoms with Crippen LogP contribution in [-0.2, 0) is 0 Å². The summed E-state index contributed by atoms with van der Waals surface area (Å²) in [4.78, 5) is 0. The summed E-state index contributed by atoms with van der Waals surface area (Å²) in [5.74, 6) is 1.19. The van der Waals surface area contributed by atoms with Gasteiger partial charge in [-0.1, -0.05) is 0 Å². The molecule has 0 atom stereocenters. The van der Waals surface area contributed by atoms with Gasteiger partial charge < -0.3 is 27.1 Å². The molecule has 2 aromatic rings. The van der Waals surface area contributed by atoms with Crippen molar-refractivity contribution in [3.63, 3.8) is 0 Å². The molecule has 26 heavy (non-hydrogen) atoms. The highest BCUT2D eigenvalue weighted by atomic mass is 79.9. The Labute approximate surface area is 165 Å². The molecule has 0 N–H and O–H groups in total. The van der Waals surface area contributed by atoms with Gasteiger partial charge in [0, 0.05) is 39.3 Å². The minimum Gasteiger partial charge on any atom is -0.497 e. The number of nitrogens with zero attached hydrogens (tertiary/aromatic N) is 2. The predicted molar refractivity (Wildman–Crippen MR) is 104 cm³/mol. The van der Waals surface area contributed by atoms with Gasteiger partial charge in [0.25, 0.3) is 0 Å². The van der Waals surface area contributed by atoms with Crippen molar-refractivity contribution in [1.82, 2.24) is 4.48 Å². The summed E-state index contributed by atoms with van der Waals surface area (Å²) in [6.45, 7) is -4.05. The molecule has 1 aromatic heterocycles. The van der Waals surface area contributed by atoms with Crippen molar-refractivity contribution < 1.29 is 22.6 Å². The van der Waals surface area contributed by atoms with Crippen LogP contribution < -0.4 is 9.47 Å². The molecule has 0 aliphatic carbocycles. The molecule has 1 aromatic carbocycles. The summed E-state index contributed by atoms with van der Waals surface area (Å²) < 4.78 is 44.0. The van der Waals surface area contributed by atoms with E-state index in [9.17, 15) is 0 Å². The molecule has 0 saturated heterocycles. The zero-order chi connectivity index (χ0) is 18.6. The Morgan fingerprint density at radius 3 is 2.50 bits per heavy atom. The Morgan fingerprint density at radius 1 is 1.04 bits per heavy atom. The van der Waals surface area contributed by atoms with E-state index in [1.807, 2.05) is 0 Å². The number of halogens is 4. The van der Waals surface area contributed by atoms with Gasteiger partial charge in [-0.15, -0.1) is 0 Å². The maximum Gasteiger partial charge on any atom is 0.738 e.